The molecule has 24 heavy (non-hydrogen) atoms. The molecule has 1 aliphatic heterocycles. The SMILES string of the molecule is CCCC(C(=O)Nc1c(C)cc(C#N)cc1C)[PH]1(C)CCCCC1. The quantitative estimate of drug-likeness (QED) is 0.775. The summed E-state index contributed by atoms with van der Waals surface area (Å²) >= 11 is 0. The third kappa shape index (κ3) is 4.17. The minimum atomic E-state index is -1.52. The fraction of sp³-hybridized carbons (Fsp3) is 0.600. The van der Waals surface area contributed by atoms with Crippen LogP contribution in [-0.2, 0) is 4.79 Å². The predicted molar refractivity (Wildman–Crippen MR) is 106 cm³/mol. The van der Waals surface area contributed by atoms with Crippen LogP contribution in [0.25, 0.3) is 0 Å². The third-order valence-corrected chi connectivity index (χ3v) is 10.9. The van der Waals surface area contributed by atoms with Gasteiger partial charge in [-0.15, -0.1) is 0 Å². The van der Waals surface area contributed by atoms with Gasteiger partial charge in [0, 0.05) is 0 Å². The van der Waals surface area contributed by atoms with E-state index in [1.54, 1.807) is 0 Å². The van der Waals surface area contributed by atoms with Crippen LogP contribution in [0.1, 0.15) is 55.7 Å². The summed E-state index contributed by atoms with van der Waals surface area (Å²) in [5.74, 6) is 0.212. The molecule has 1 unspecified atom stereocenters. The molecule has 2 rings (SSSR count). The van der Waals surface area contributed by atoms with Gasteiger partial charge in [-0.1, -0.05) is 0 Å². The molecule has 0 saturated carbocycles. The zero-order valence-electron chi connectivity index (χ0n) is 15.5. The van der Waals surface area contributed by atoms with Crippen molar-refractivity contribution in [3.63, 3.8) is 0 Å². The molecule has 1 fully saturated rings. The second-order valence-corrected chi connectivity index (χ2v) is 12.6. The fourth-order valence-corrected chi connectivity index (χ4v) is 8.98. The summed E-state index contributed by atoms with van der Waals surface area (Å²) in [6.45, 7) is 8.56. The number of nitrogens with one attached hydrogen (secondary N) is 1. The van der Waals surface area contributed by atoms with Crippen molar-refractivity contribution in [2.24, 2.45) is 0 Å². The van der Waals surface area contributed by atoms with Crippen LogP contribution < -0.4 is 5.32 Å². The molecule has 1 aromatic carbocycles. The Morgan fingerprint density at radius 1 is 1.25 bits per heavy atom. The van der Waals surface area contributed by atoms with Crippen molar-refractivity contribution in [1.82, 2.24) is 0 Å². The first kappa shape index (κ1) is 18.9. The van der Waals surface area contributed by atoms with E-state index >= 15 is 0 Å². The van der Waals surface area contributed by atoms with Gasteiger partial charge in [-0.3, -0.25) is 0 Å². The normalized spacial score (nSPS) is 19.1. The summed E-state index contributed by atoms with van der Waals surface area (Å²) in [4.78, 5) is 13.1. The molecular formula is C20H31N2OP. The Morgan fingerprint density at radius 3 is 2.33 bits per heavy atom. The molecule has 0 aliphatic carbocycles. The molecule has 0 spiro atoms. The second kappa shape index (κ2) is 8.13. The van der Waals surface area contributed by atoms with Gasteiger partial charge in [-0.25, -0.2) is 0 Å². The van der Waals surface area contributed by atoms with Crippen LogP contribution in [-0.4, -0.2) is 30.6 Å². The van der Waals surface area contributed by atoms with Gasteiger partial charge in [0.25, 0.3) is 0 Å². The van der Waals surface area contributed by atoms with Crippen LogP contribution in [0.2, 0.25) is 0 Å². The molecule has 1 aromatic rings. The molecule has 1 atom stereocenters. The molecule has 0 aromatic heterocycles. The number of rotatable bonds is 5. The van der Waals surface area contributed by atoms with Crippen molar-refractivity contribution < 1.29 is 4.79 Å². The van der Waals surface area contributed by atoms with Gasteiger partial charge in [0.15, 0.2) is 0 Å². The summed E-state index contributed by atoms with van der Waals surface area (Å²) in [5, 5.41) is 12.3. The standard InChI is InChI=1S/C20H31N2OP/c1-5-9-18(24(4)10-7-6-8-11-24)20(23)22-19-15(2)12-17(14-21)13-16(19)3/h12-13,18,24H,5-11H2,1-4H3,(H,22,23). The number of nitrogens with zero attached hydrogens (tertiary/aromatic N) is 1. The predicted octanol–water partition coefficient (Wildman–Crippen LogP) is 4.85. The molecule has 4 heteroatoms. The van der Waals surface area contributed by atoms with Crippen LogP contribution >= 0.6 is 7.26 Å². The van der Waals surface area contributed by atoms with E-state index in [1.807, 2.05) is 26.0 Å². The number of nitriles is 1. The van der Waals surface area contributed by atoms with Gasteiger partial charge in [0.1, 0.15) is 0 Å². The Hall–Kier alpha value is -1.39. The Bertz CT molecular complexity index is 619. The van der Waals surface area contributed by atoms with Crippen LogP contribution in [0.3, 0.4) is 0 Å². The summed E-state index contributed by atoms with van der Waals surface area (Å²) in [7, 11) is -1.52. The number of hydrogen-bond acceptors (Lipinski definition) is 2. The molecule has 1 saturated heterocycles. The third-order valence-electron chi connectivity index (χ3n) is 5.64. The summed E-state index contributed by atoms with van der Waals surface area (Å²) in [5.41, 5.74) is 3.71. The number of amides is 1. The molecule has 0 bridgehead atoms. The van der Waals surface area contributed by atoms with Gasteiger partial charge < -0.3 is 0 Å². The van der Waals surface area contributed by atoms with Gasteiger partial charge >= 0.3 is 147 Å². The number of carbonyl (C=O) groups excluding carboxylic acids is 1. The van der Waals surface area contributed by atoms with E-state index < -0.39 is 7.26 Å². The van der Waals surface area contributed by atoms with Crippen LogP contribution in [0.4, 0.5) is 5.69 Å². The number of hydrogen-bond donors (Lipinski definition) is 1. The average Bonchev–Trinajstić information content (AvgIpc) is 2.56. The van der Waals surface area contributed by atoms with Crippen molar-refractivity contribution in [2.75, 3.05) is 24.3 Å². The Kier molecular flexibility index (Phi) is 6.41. The first-order valence-electron chi connectivity index (χ1n) is 9.23. The zero-order valence-corrected chi connectivity index (χ0v) is 16.5. The molecule has 0 radical (unpaired) electrons. The van der Waals surface area contributed by atoms with E-state index in [0.29, 0.717) is 5.56 Å². The minimum absolute atomic E-state index is 0.206. The number of anilines is 1. The maximum atomic E-state index is 13.1. The van der Waals surface area contributed by atoms with Crippen molar-refractivity contribution in [1.29, 1.82) is 5.26 Å². The fourth-order valence-electron chi connectivity index (χ4n) is 4.23. The maximum absolute atomic E-state index is 13.1. The molecule has 1 heterocycles. The first-order valence-corrected chi connectivity index (χ1v) is 12.2. The van der Waals surface area contributed by atoms with Gasteiger partial charge in [0.2, 0.25) is 0 Å². The van der Waals surface area contributed by atoms with Gasteiger partial charge in [0.05, 0.1) is 0 Å². The Labute approximate surface area is 147 Å². The van der Waals surface area contributed by atoms with E-state index in [9.17, 15) is 4.79 Å². The molecule has 1 amide bonds. The molecule has 1 aliphatic rings. The van der Waals surface area contributed by atoms with Crippen LogP contribution in [0, 0.1) is 25.2 Å². The summed E-state index contributed by atoms with van der Waals surface area (Å²) in [6, 6.07) is 5.90. The zero-order chi connectivity index (χ0) is 17.7. The molecule has 3 nitrogen and oxygen atoms in total. The topological polar surface area (TPSA) is 52.9 Å². The second-order valence-electron chi connectivity index (χ2n) is 7.64. The van der Waals surface area contributed by atoms with Crippen LogP contribution in [0.5, 0.6) is 0 Å². The number of benzene rings is 1. The number of carbonyl (C=O) groups is 1. The monoisotopic (exact) mass is 346 g/mol. The van der Waals surface area contributed by atoms with Crippen LogP contribution in [0.15, 0.2) is 12.1 Å². The van der Waals surface area contributed by atoms with E-state index in [4.69, 9.17) is 5.26 Å². The van der Waals surface area contributed by atoms with Crippen molar-refractivity contribution in [3.05, 3.63) is 28.8 Å². The number of aryl methyl sites for hydroxylation is 2. The van der Waals surface area contributed by atoms with Crippen molar-refractivity contribution in [2.45, 2.75) is 58.5 Å². The van der Waals surface area contributed by atoms with E-state index in [2.05, 4.69) is 25.0 Å². The van der Waals surface area contributed by atoms with E-state index in [0.717, 1.165) is 29.7 Å². The first-order chi connectivity index (χ1) is 11.4. The van der Waals surface area contributed by atoms with Crippen molar-refractivity contribution >= 4 is 18.9 Å². The molecule has 1 N–H and O–H groups in total. The molecule has 132 valence electrons. The Morgan fingerprint density at radius 2 is 1.83 bits per heavy atom. The summed E-state index contributed by atoms with van der Waals surface area (Å²) < 4.78 is 0. The molecular weight excluding hydrogens is 315 g/mol. The van der Waals surface area contributed by atoms with Crippen molar-refractivity contribution in [3.8, 4) is 6.07 Å². The van der Waals surface area contributed by atoms with E-state index in [1.165, 1.54) is 31.6 Å². The van der Waals surface area contributed by atoms with Gasteiger partial charge in [-0.05, 0) is 0 Å². The average molecular weight is 346 g/mol. The van der Waals surface area contributed by atoms with E-state index in [-0.39, 0.29) is 11.6 Å². The Balaban J connectivity index is 2.24. The summed E-state index contributed by atoms with van der Waals surface area (Å²) in [6.07, 6.45) is 8.56. The van der Waals surface area contributed by atoms with Gasteiger partial charge in [-0.2, -0.15) is 0 Å².